The number of hydrogen-bond acceptors (Lipinski definition) is 2. The number of hydrogen-bond donors (Lipinski definition) is 1. The highest BCUT2D eigenvalue weighted by Gasteiger charge is 2.27. The normalized spacial score (nSPS) is 24.4. The first-order valence-corrected chi connectivity index (χ1v) is 8.12. The monoisotopic (exact) mass is 275 g/mol. The van der Waals surface area contributed by atoms with E-state index < -0.39 is 0 Å². The SMILES string of the molecule is CCCNC(c1ccc(OC)cc1)C1CCCC(C)C1. The summed E-state index contributed by atoms with van der Waals surface area (Å²) in [6, 6.07) is 9.13. The highest BCUT2D eigenvalue weighted by atomic mass is 16.5. The second-order valence-electron chi connectivity index (χ2n) is 6.24. The van der Waals surface area contributed by atoms with Gasteiger partial charge in [-0.05, 0) is 55.3 Å². The molecule has 0 heterocycles. The summed E-state index contributed by atoms with van der Waals surface area (Å²) < 4.78 is 5.27. The number of methoxy groups -OCH3 is 1. The molecule has 0 radical (unpaired) electrons. The molecule has 1 aliphatic rings. The lowest BCUT2D eigenvalue weighted by atomic mass is 9.76. The molecule has 0 saturated heterocycles. The van der Waals surface area contributed by atoms with E-state index in [0.29, 0.717) is 6.04 Å². The minimum atomic E-state index is 0.503. The van der Waals surface area contributed by atoms with E-state index in [0.717, 1.165) is 24.1 Å². The second-order valence-corrected chi connectivity index (χ2v) is 6.24. The lowest BCUT2D eigenvalue weighted by Crippen LogP contribution is -2.31. The summed E-state index contributed by atoms with van der Waals surface area (Å²) in [5.41, 5.74) is 1.42. The Morgan fingerprint density at radius 3 is 2.60 bits per heavy atom. The number of ether oxygens (including phenoxy) is 1. The molecule has 0 aromatic heterocycles. The molecule has 0 amide bonds. The molecule has 2 rings (SSSR count). The van der Waals surface area contributed by atoms with Crippen molar-refractivity contribution in [2.24, 2.45) is 11.8 Å². The van der Waals surface area contributed by atoms with Gasteiger partial charge in [-0.25, -0.2) is 0 Å². The molecular weight excluding hydrogens is 246 g/mol. The number of benzene rings is 1. The van der Waals surface area contributed by atoms with Crippen LogP contribution < -0.4 is 10.1 Å². The molecule has 0 bridgehead atoms. The largest absolute Gasteiger partial charge is 0.497 e. The van der Waals surface area contributed by atoms with Crippen LogP contribution in [-0.2, 0) is 0 Å². The van der Waals surface area contributed by atoms with Crippen molar-refractivity contribution in [2.75, 3.05) is 13.7 Å². The summed E-state index contributed by atoms with van der Waals surface area (Å²) >= 11 is 0. The Kier molecular flexibility index (Phi) is 5.90. The Bertz CT molecular complexity index is 387. The van der Waals surface area contributed by atoms with Gasteiger partial charge in [0.1, 0.15) is 5.75 Å². The maximum atomic E-state index is 5.27. The van der Waals surface area contributed by atoms with Gasteiger partial charge < -0.3 is 10.1 Å². The highest BCUT2D eigenvalue weighted by Crippen LogP contribution is 2.37. The first-order chi connectivity index (χ1) is 9.74. The lowest BCUT2D eigenvalue weighted by Gasteiger charge is -2.34. The van der Waals surface area contributed by atoms with Crippen LogP contribution in [0.25, 0.3) is 0 Å². The van der Waals surface area contributed by atoms with Crippen LogP contribution in [0.5, 0.6) is 5.75 Å². The maximum Gasteiger partial charge on any atom is 0.118 e. The third-order valence-corrected chi connectivity index (χ3v) is 4.54. The van der Waals surface area contributed by atoms with Crippen LogP contribution in [0.2, 0.25) is 0 Å². The second kappa shape index (κ2) is 7.68. The first kappa shape index (κ1) is 15.4. The van der Waals surface area contributed by atoms with Crippen LogP contribution >= 0.6 is 0 Å². The zero-order valence-corrected chi connectivity index (χ0v) is 13.2. The van der Waals surface area contributed by atoms with Crippen molar-refractivity contribution in [3.63, 3.8) is 0 Å². The van der Waals surface area contributed by atoms with Crippen molar-refractivity contribution in [3.05, 3.63) is 29.8 Å². The molecule has 3 unspecified atom stereocenters. The number of rotatable bonds is 6. The zero-order chi connectivity index (χ0) is 14.4. The average molecular weight is 275 g/mol. The van der Waals surface area contributed by atoms with Gasteiger partial charge in [-0.15, -0.1) is 0 Å². The fraction of sp³-hybridized carbons (Fsp3) is 0.667. The van der Waals surface area contributed by atoms with Gasteiger partial charge >= 0.3 is 0 Å². The molecule has 1 fully saturated rings. The van der Waals surface area contributed by atoms with Gasteiger partial charge in [0, 0.05) is 6.04 Å². The first-order valence-electron chi connectivity index (χ1n) is 8.12. The maximum absolute atomic E-state index is 5.27. The highest BCUT2D eigenvalue weighted by molar-refractivity contribution is 5.29. The van der Waals surface area contributed by atoms with E-state index in [1.807, 2.05) is 0 Å². The van der Waals surface area contributed by atoms with E-state index in [1.54, 1.807) is 7.11 Å². The van der Waals surface area contributed by atoms with Crippen LogP contribution in [0, 0.1) is 11.8 Å². The fourth-order valence-electron chi connectivity index (χ4n) is 3.45. The molecule has 1 saturated carbocycles. The van der Waals surface area contributed by atoms with Crippen molar-refractivity contribution in [2.45, 2.75) is 52.0 Å². The average Bonchev–Trinajstić information content (AvgIpc) is 2.48. The van der Waals surface area contributed by atoms with Crippen LogP contribution in [0.3, 0.4) is 0 Å². The molecule has 1 aliphatic carbocycles. The van der Waals surface area contributed by atoms with Crippen molar-refractivity contribution in [1.82, 2.24) is 5.32 Å². The molecule has 112 valence electrons. The van der Waals surface area contributed by atoms with Crippen molar-refractivity contribution < 1.29 is 4.74 Å². The Hall–Kier alpha value is -1.02. The van der Waals surface area contributed by atoms with Crippen molar-refractivity contribution in [3.8, 4) is 5.75 Å². The predicted octanol–water partition coefficient (Wildman–Crippen LogP) is 4.56. The van der Waals surface area contributed by atoms with E-state index in [2.05, 4.69) is 43.4 Å². The summed E-state index contributed by atoms with van der Waals surface area (Å²) in [5.74, 6) is 2.59. The molecule has 1 aromatic carbocycles. The Morgan fingerprint density at radius 2 is 2.00 bits per heavy atom. The minimum absolute atomic E-state index is 0.503. The van der Waals surface area contributed by atoms with E-state index >= 15 is 0 Å². The molecule has 3 atom stereocenters. The van der Waals surface area contributed by atoms with Gasteiger partial charge in [-0.3, -0.25) is 0 Å². The third-order valence-electron chi connectivity index (χ3n) is 4.54. The summed E-state index contributed by atoms with van der Waals surface area (Å²) in [6.45, 7) is 5.74. The van der Waals surface area contributed by atoms with Crippen molar-refractivity contribution in [1.29, 1.82) is 0 Å². The molecule has 0 spiro atoms. The Morgan fingerprint density at radius 1 is 1.25 bits per heavy atom. The van der Waals surface area contributed by atoms with Gasteiger partial charge in [-0.2, -0.15) is 0 Å². The summed E-state index contributed by atoms with van der Waals surface area (Å²) in [4.78, 5) is 0. The molecule has 2 nitrogen and oxygen atoms in total. The van der Waals surface area contributed by atoms with Crippen LogP contribution in [0.1, 0.15) is 57.6 Å². The number of nitrogens with one attached hydrogen (secondary N) is 1. The van der Waals surface area contributed by atoms with E-state index in [9.17, 15) is 0 Å². The van der Waals surface area contributed by atoms with E-state index in [1.165, 1.54) is 37.7 Å². The topological polar surface area (TPSA) is 21.3 Å². The quantitative estimate of drug-likeness (QED) is 0.821. The van der Waals surface area contributed by atoms with Crippen LogP contribution in [0.15, 0.2) is 24.3 Å². The van der Waals surface area contributed by atoms with Crippen LogP contribution in [-0.4, -0.2) is 13.7 Å². The minimum Gasteiger partial charge on any atom is -0.497 e. The molecule has 1 N–H and O–H groups in total. The molecular formula is C18H29NO. The fourth-order valence-corrected chi connectivity index (χ4v) is 3.45. The Labute approximate surface area is 123 Å². The van der Waals surface area contributed by atoms with Crippen LogP contribution in [0.4, 0.5) is 0 Å². The summed E-state index contributed by atoms with van der Waals surface area (Å²) in [7, 11) is 1.73. The predicted molar refractivity (Wildman–Crippen MR) is 85.2 cm³/mol. The van der Waals surface area contributed by atoms with Crippen molar-refractivity contribution >= 4 is 0 Å². The third kappa shape index (κ3) is 3.99. The Balaban J connectivity index is 2.12. The van der Waals surface area contributed by atoms with Gasteiger partial charge in [0.2, 0.25) is 0 Å². The van der Waals surface area contributed by atoms with E-state index in [4.69, 9.17) is 4.74 Å². The molecule has 0 aliphatic heterocycles. The molecule has 20 heavy (non-hydrogen) atoms. The summed E-state index contributed by atoms with van der Waals surface area (Å²) in [5, 5.41) is 3.77. The van der Waals surface area contributed by atoms with Gasteiger partial charge in [-0.1, -0.05) is 38.8 Å². The summed E-state index contributed by atoms with van der Waals surface area (Å²) in [6.07, 6.45) is 6.69. The molecule has 1 aromatic rings. The zero-order valence-electron chi connectivity index (χ0n) is 13.2. The smallest absolute Gasteiger partial charge is 0.118 e. The lowest BCUT2D eigenvalue weighted by molar-refractivity contribution is 0.223. The van der Waals surface area contributed by atoms with Gasteiger partial charge in [0.15, 0.2) is 0 Å². The standard InChI is InChI=1S/C18H29NO/c1-4-12-19-18(16-7-5-6-14(2)13-16)15-8-10-17(20-3)11-9-15/h8-11,14,16,18-19H,4-7,12-13H2,1-3H3. The molecule has 2 heteroatoms. The van der Waals surface area contributed by atoms with Gasteiger partial charge in [0.05, 0.1) is 7.11 Å². The van der Waals surface area contributed by atoms with E-state index in [-0.39, 0.29) is 0 Å². The van der Waals surface area contributed by atoms with Gasteiger partial charge in [0.25, 0.3) is 0 Å².